The van der Waals surface area contributed by atoms with Crippen LogP contribution >= 0.6 is 0 Å². The lowest BCUT2D eigenvalue weighted by molar-refractivity contribution is -0.157. The van der Waals surface area contributed by atoms with Crippen LogP contribution in [-0.2, 0) is 16.1 Å². The number of hydrogen-bond acceptors (Lipinski definition) is 2. The van der Waals surface area contributed by atoms with Gasteiger partial charge >= 0.3 is 11.9 Å². The van der Waals surface area contributed by atoms with E-state index in [1.807, 2.05) is 30.3 Å². The molecule has 0 saturated carbocycles. The predicted octanol–water partition coefficient (Wildman–Crippen LogP) is 1.51. The first-order valence-electron chi connectivity index (χ1n) is 5.10. The van der Waals surface area contributed by atoms with Crippen LogP contribution in [0.4, 0.5) is 0 Å². The molecule has 0 unspecified atom stereocenters. The minimum absolute atomic E-state index is 0.135. The summed E-state index contributed by atoms with van der Waals surface area (Å²) in [4.78, 5) is 23.4. The van der Waals surface area contributed by atoms with E-state index in [1.165, 1.54) is 4.90 Å². The van der Waals surface area contributed by atoms with Crippen LogP contribution in [0.2, 0.25) is 0 Å². The molecule has 0 aliphatic carbocycles. The van der Waals surface area contributed by atoms with Crippen molar-refractivity contribution < 1.29 is 14.7 Å². The maximum atomic E-state index is 11.4. The fourth-order valence-corrected chi connectivity index (χ4v) is 1.39. The Morgan fingerprint density at radius 1 is 1.25 bits per heavy atom. The van der Waals surface area contributed by atoms with Gasteiger partial charge in [-0.3, -0.25) is 4.79 Å². The fraction of sp³-hybridized carbons (Fsp3) is 0.333. The Morgan fingerprint density at radius 3 is 2.25 bits per heavy atom. The van der Waals surface area contributed by atoms with Crippen molar-refractivity contribution in [3.8, 4) is 0 Å². The van der Waals surface area contributed by atoms with Crippen molar-refractivity contribution in [2.24, 2.45) is 0 Å². The van der Waals surface area contributed by atoms with E-state index >= 15 is 0 Å². The molecule has 0 radical (unpaired) electrons. The Bertz CT molecular complexity index is 373. The second-order valence-corrected chi connectivity index (χ2v) is 3.82. The third kappa shape index (κ3) is 3.08. The summed E-state index contributed by atoms with van der Waals surface area (Å²) >= 11 is 0. The molecule has 1 amide bonds. The molecule has 0 spiro atoms. The number of carboxylic acid groups (broad SMARTS) is 1. The molecule has 4 nitrogen and oxygen atoms in total. The van der Waals surface area contributed by atoms with Gasteiger partial charge in [-0.2, -0.15) is 0 Å². The summed E-state index contributed by atoms with van der Waals surface area (Å²) in [5, 5.41) is 8.69. The number of hydrogen-bond donors (Lipinski definition) is 1. The van der Waals surface area contributed by atoms with Gasteiger partial charge in [0.1, 0.15) is 0 Å². The third-order valence-electron chi connectivity index (χ3n) is 2.26. The number of amides is 1. The van der Waals surface area contributed by atoms with Gasteiger partial charge in [0.15, 0.2) is 0 Å². The van der Waals surface area contributed by atoms with Gasteiger partial charge in [0.25, 0.3) is 0 Å². The highest BCUT2D eigenvalue weighted by Gasteiger charge is 2.23. The number of benzene rings is 1. The van der Waals surface area contributed by atoms with Crippen molar-refractivity contribution in [3.63, 3.8) is 0 Å². The molecular formula is C12H15NO3. The summed E-state index contributed by atoms with van der Waals surface area (Å²) in [5.74, 6) is -2.27. The molecule has 1 N–H and O–H groups in total. The highest BCUT2D eigenvalue weighted by molar-refractivity contribution is 6.31. The predicted molar refractivity (Wildman–Crippen MR) is 59.8 cm³/mol. The molecule has 0 aliphatic rings. The Morgan fingerprint density at radius 2 is 1.81 bits per heavy atom. The summed E-state index contributed by atoms with van der Waals surface area (Å²) in [5.41, 5.74) is 0.922. The topological polar surface area (TPSA) is 57.6 Å². The zero-order valence-corrected chi connectivity index (χ0v) is 9.38. The number of carbonyl (C=O) groups excluding carboxylic acids is 1. The second kappa shape index (κ2) is 5.30. The minimum atomic E-state index is -1.41. The van der Waals surface area contributed by atoms with E-state index in [2.05, 4.69) is 0 Å². The Kier molecular flexibility index (Phi) is 4.05. The standard InChI is InChI=1S/C12H15NO3/c1-9(2)13(11(14)12(15)16)8-10-6-4-3-5-7-10/h3-7,9H,8H2,1-2H3,(H,15,16). The number of aliphatic carboxylic acids is 1. The Balaban J connectivity index is 2.81. The Hall–Kier alpha value is -1.84. The zero-order chi connectivity index (χ0) is 12.1. The van der Waals surface area contributed by atoms with Gasteiger partial charge in [-0.15, -0.1) is 0 Å². The van der Waals surface area contributed by atoms with Gasteiger partial charge in [0.2, 0.25) is 0 Å². The summed E-state index contributed by atoms with van der Waals surface area (Å²) < 4.78 is 0. The van der Waals surface area contributed by atoms with E-state index in [9.17, 15) is 9.59 Å². The molecule has 1 aromatic rings. The molecule has 0 fully saturated rings. The summed E-state index contributed by atoms with van der Waals surface area (Å²) in [6, 6.07) is 9.19. The molecule has 0 atom stereocenters. The summed E-state index contributed by atoms with van der Waals surface area (Å²) in [6.07, 6.45) is 0. The van der Waals surface area contributed by atoms with Crippen LogP contribution < -0.4 is 0 Å². The quantitative estimate of drug-likeness (QED) is 0.787. The van der Waals surface area contributed by atoms with Gasteiger partial charge in [-0.25, -0.2) is 4.79 Å². The van der Waals surface area contributed by atoms with Crippen molar-refractivity contribution in [2.75, 3.05) is 0 Å². The van der Waals surface area contributed by atoms with Gasteiger partial charge in [0, 0.05) is 12.6 Å². The second-order valence-electron chi connectivity index (χ2n) is 3.82. The van der Waals surface area contributed by atoms with Crippen LogP contribution in [0.25, 0.3) is 0 Å². The first-order chi connectivity index (χ1) is 7.52. The lowest BCUT2D eigenvalue weighted by atomic mass is 10.2. The molecule has 86 valence electrons. The number of carbonyl (C=O) groups is 2. The zero-order valence-electron chi connectivity index (χ0n) is 9.38. The van der Waals surface area contributed by atoms with Crippen LogP contribution in [0.3, 0.4) is 0 Å². The highest BCUT2D eigenvalue weighted by atomic mass is 16.4. The van der Waals surface area contributed by atoms with E-state index < -0.39 is 11.9 Å². The SMILES string of the molecule is CC(C)N(Cc1ccccc1)C(=O)C(=O)O. The van der Waals surface area contributed by atoms with E-state index in [0.717, 1.165) is 5.56 Å². The van der Waals surface area contributed by atoms with Crippen molar-refractivity contribution in [3.05, 3.63) is 35.9 Å². The Labute approximate surface area is 94.5 Å². The van der Waals surface area contributed by atoms with Crippen molar-refractivity contribution in [1.29, 1.82) is 0 Å². The van der Waals surface area contributed by atoms with E-state index in [-0.39, 0.29) is 6.04 Å². The van der Waals surface area contributed by atoms with Crippen LogP contribution in [0.15, 0.2) is 30.3 Å². The molecule has 16 heavy (non-hydrogen) atoms. The fourth-order valence-electron chi connectivity index (χ4n) is 1.39. The van der Waals surface area contributed by atoms with Crippen LogP contribution in [0.5, 0.6) is 0 Å². The van der Waals surface area contributed by atoms with Crippen LogP contribution in [-0.4, -0.2) is 27.9 Å². The molecular weight excluding hydrogens is 206 g/mol. The number of nitrogens with zero attached hydrogens (tertiary/aromatic N) is 1. The van der Waals surface area contributed by atoms with E-state index in [1.54, 1.807) is 13.8 Å². The first-order valence-corrected chi connectivity index (χ1v) is 5.10. The third-order valence-corrected chi connectivity index (χ3v) is 2.26. The van der Waals surface area contributed by atoms with Gasteiger partial charge in [-0.1, -0.05) is 30.3 Å². The molecule has 0 saturated heterocycles. The van der Waals surface area contributed by atoms with Gasteiger partial charge in [0.05, 0.1) is 0 Å². The molecule has 0 aromatic heterocycles. The average Bonchev–Trinajstić information content (AvgIpc) is 2.26. The smallest absolute Gasteiger partial charge is 0.394 e. The maximum Gasteiger partial charge on any atom is 0.394 e. The van der Waals surface area contributed by atoms with Gasteiger partial charge < -0.3 is 10.0 Å². The summed E-state index contributed by atoms with van der Waals surface area (Å²) in [6.45, 7) is 3.91. The molecule has 0 bridgehead atoms. The molecule has 0 aliphatic heterocycles. The van der Waals surface area contributed by atoms with Crippen molar-refractivity contribution in [1.82, 2.24) is 4.90 Å². The summed E-state index contributed by atoms with van der Waals surface area (Å²) in [7, 11) is 0. The largest absolute Gasteiger partial charge is 0.474 e. The number of rotatable bonds is 3. The van der Waals surface area contributed by atoms with Crippen molar-refractivity contribution in [2.45, 2.75) is 26.4 Å². The monoisotopic (exact) mass is 221 g/mol. The highest BCUT2D eigenvalue weighted by Crippen LogP contribution is 2.08. The molecule has 1 rings (SSSR count). The van der Waals surface area contributed by atoms with E-state index in [4.69, 9.17) is 5.11 Å². The van der Waals surface area contributed by atoms with Crippen LogP contribution in [0.1, 0.15) is 19.4 Å². The molecule has 0 heterocycles. The van der Waals surface area contributed by atoms with Crippen LogP contribution in [0, 0.1) is 0 Å². The lowest BCUT2D eigenvalue weighted by Gasteiger charge is -2.24. The molecule has 1 aromatic carbocycles. The first kappa shape index (κ1) is 12.2. The maximum absolute atomic E-state index is 11.4. The lowest BCUT2D eigenvalue weighted by Crippen LogP contribution is -2.40. The molecule has 4 heteroatoms. The normalized spacial score (nSPS) is 10.2. The average molecular weight is 221 g/mol. The van der Waals surface area contributed by atoms with E-state index in [0.29, 0.717) is 6.54 Å². The van der Waals surface area contributed by atoms with Crippen molar-refractivity contribution >= 4 is 11.9 Å². The number of carboxylic acids is 1. The minimum Gasteiger partial charge on any atom is -0.474 e. The van der Waals surface area contributed by atoms with Gasteiger partial charge in [-0.05, 0) is 19.4 Å².